The highest BCUT2D eigenvalue weighted by molar-refractivity contribution is 7.95. The average molecular weight is 391 g/mol. The molecule has 0 amide bonds. The molecular weight excluding hydrogens is 376 g/mol. The van der Waals surface area contributed by atoms with E-state index in [0.29, 0.717) is 16.3 Å². The predicted molar refractivity (Wildman–Crippen MR) is 98.4 cm³/mol. The Hall–Kier alpha value is -2.82. The maximum absolute atomic E-state index is 12.5. The van der Waals surface area contributed by atoms with Gasteiger partial charge in [-0.1, -0.05) is 17.7 Å². The van der Waals surface area contributed by atoms with Crippen LogP contribution in [0.15, 0.2) is 64.5 Å². The van der Waals surface area contributed by atoms with Gasteiger partial charge in [-0.25, -0.2) is 13.2 Å². The monoisotopic (exact) mass is 390 g/mol. The Bertz CT molecular complexity index is 977. The fourth-order valence-electron chi connectivity index (χ4n) is 2.01. The van der Waals surface area contributed by atoms with Gasteiger partial charge >= 0.3 is 5.97 Å². The zero-order chi connectivity index (χ0) is 19.2. The minimum Gasteiger partial charge on any atom is -0.462 e. The Labute approximate surface area is 156 Å². The van der Waals surface area contributed by atoms with Gasteiger partial charge < -0.3 is 10.1 Å². The van der Waals surface area contributed by atoms with Gasteiger partial charge in [0.15, 0.2) is 4.91 Å². The number of carbonyl (C=O) groups excluding carboxylic acids is 1. The van der Waals surface area contributed by atoms with Gasteiger partial charge in [0.05, 0.1) is 17.1 Å². The molecule has 26 heavy (non-hydrogen) atoms. The molecule has 6 nitrogen and oxygen atoms in total. The molecule has 0 unspecified atom stereocenters. The van der Waals surface area contributed by atoms with Crippen molar-refractivity contribution < 1.29 is 17.9 Å². The molecule has 0 radical (unpaired) electrons. The van der Waals surface area contributed by atoms with Crippen LogP contribution in [0.5, 0.6) is 0 Å². The Morgan fingerprint density at radius 1 is 1.27 bits per heavy atom. The van der Waals surface area contributed by atoms with Crippen LogP contribution in [0, 0.1) is 11.3 Å². The maximum Gasteiger partial charge on any atom is 0.338 e. The zero-order valence-corrected chi connectivity index (χ0v) is 15.3. The second-order valence-corrected chi connectivity index (χ2v) is 7.38. The topological polar surface area (TPSA) is 96.3 Å². The third kappa shape index (κ3) is 4.63. The van der Waals surface area contributed by atoms with Crippen LogP contribution in [0.25, 0.3) is 0 Å². The van der Waals surface area contributed by atoms with Crippen molar-refractivity contribution in [3.8, 4) is 6.07 Å². The number of anilines is 1. The van der Waals surface area contributed by atoms with Crippen LogP contribution < -0.4 is 5.32 Å². The number of nitrogens with zero attached hydrogens (tertiary/aromatic N) is 1. The largest absolute Gasteiger partial charge is 0.462 e. The summed E-state index contributed by atoms with van der Waals surface area (Å²) in [4.78, 5) is 11.2. The molecule has 0 aliphatic heterocycles. The number of esters is 1. The first-order chi connectivity index (χ1) is 12.4. The second kappa shape index (κ2) is 8.52. The molecule has 0 spiro atoms. The number of allylic oxidation sites excluding steroid dienone is 1. The highest BCUT2D eigenvalue weighted by Gasteiger charge is 2.20. The molecule has 0 atom stereocenters. The van der Waals surface area contributed by atoms with Gasteiger partial charge in [0, 0.05) is 16.9 Å². The molecule has 1 N–H and O–H groups in total. The van der Waals surface area contributed by atoms with Gasteiger partial charge in [0.2, 0.25) is 9.84 Å². The lowest BCUT2D eigenvalue weighted by Gasteiger charge is -2.07. The lowest BCUT2D eigenvalue weighted by molar-refractivity contribution is 0.0526. The molecule has 0 bridgehead atoms. The third-order valence-corrected chi connectivity index (χ3v) is 5.20. The summed E-state index contributed by atoms with van der Waals surface area (Å²) in [6.07, 6.45) is 1.08. The van der Waals surface area contributed by atoms with Crippen molar-refractivity contribution in [3.63, 3.8) is 0 Å². The highest BCUT2D eigenvalue weighted by atomic mass is 35.5. The minimum atomic E-state index is -3.99. The summed E-state index contributed by atoms with van der Waals surface area (Å²) in [5, 5.41) is 12.3. The second-order valence-electron chi connectivity index (χ2n) is 5.02. The molecule has 2 rings (SSSR count). The van der Waals surface area contributed by atoms with E-state index in [-0.39, 0.29) is 11.5 Å². The molecule has 0 aliphatic carbocycles. The van der Waals surface area contributed by atoms with E-state index in [9.17, 15) is 18.5 Å². The van der Waals surface area contributed by atoms with E-state index in [4.69, 9.17) is 16.3 Å². The van der Waals surface area contributed by atoms with Crippen LogP contribution >= 0.6 is 11.6 Å². The number of hydrogen-bond acceptors (Lipinski definition) is 6. The fraction of sp³-hybridized carbons (Fsp3) is 0.111. The van der Waals surface area contributed by atoms with Crippen molar-refractivity contribution in [2.75, 3.05) is 11.9 Å². The van der Waals surface area contributed by atoms with Crippen molar-refractivity contribution in [2.24, 2.45) is 0 Å². The molecule has 8 heteroatoms. The molecule has 0 fully saturated rings. The van der Waals surface area contributed by atoms with Crippen molar-refractivity contribution in [2.45, 2.75) is 11.8 Å². The van der Waals surface area contributed by atoms with Crippen molar-refractivity contribution >= 4 is 33.1 Å². The molecule has 0 saturated carbocycles. The van der Waals surface area contributed by atoms with Gasteiger partial charge in [-0.2, -0.15) is 5.26 Å². The summed E-state index contributed by atoms with van der Waals surface area (Å²) in [6.45, 7) is 1.94. The summed E-state index contributed by atoms with van der Waals surface area (Å²) in [5.74, 6) is -0.491. The number of rotatable bonds is 6. The summed E-state index contributed by atoms with van der Waals surface area (Å²) in [5.41, 5.74) is 0.749. The Balaban J connectivity index is 2.27. The van der Waals surface area contributed by atoms with E-state index in [0.717, 1.165) is 6.20 Å². The summed E-state index contributed by atoms with van der Waals surface area (Å²) in [7, 11) is -3.99. The van der Waals surface area contributed by atoms with Crippen LogP contribution in [0.3, 0.4) is 0 Å². The van der Waals surface area contributed by atoms with E-state index in [1.165, 1.54) is 30.3 Å². The Morgan fingerprint density at radius 3 is 2.58 bits per heavy atom. The number of ether oxygens (including phenoxy) is 1. The first kappa shape index (κ1) is 19.5. The van der Waals surface area contributed by atoms with E-state index in [2.05, 4.69) is 5.32 Å². The maximum atomic E-state index is 12.5. The number of hydrogen-bond donors (Lipinski definition) is 1. The SMILES string of the molecule is CCOC(=O)c1cccc(N/C=C(\C#N)S(=O)(=O)c2ccc(Cl)cc2)c1. The van der Waals surface area contributed by atoms with E-state index in [1.807, 2.05) is 0 Å². The van der Waals surface area contributed by atoms with Crippen molar-refractivity contribution in [1.29, 1.82) is 5.26 Å². The lowest BCUT2D eigenvalue weighted by Crippen LogP contribution is -2.07. The lowest BCUT2D eigenvalue weighted by atomic mass is 10.2. The average Bonchev–Trinajstić information content (AvgIpc) is 2.63. The summed E-state index contributed by atoms with van der Waals surface area (Å²) in [6, 6.07) is 13.5. The minimum absolute atomic E-state index is 0.0447. The van der Waals surface area contributed by atoms with Crippen LogP contribution in [0.1, 0.15) is 17.3 Å². The third-order valence-electron chi connectivity index (χ3n) is 3.27. The van der Waals surface area contributed by atoms with E-state index < -0.39 is 20.7 Å². The van der Waals surface area contributed by atoms with Gasteiger partial charge in [-0.3, -0.25) is 0 Å². The normalized spacial score (nSPS) is 11.5. The molecule has 2 aromatic rings. The standard InChI is InChI=1S/C18H15ClN2O4S/c1-2-25-18(22)13-4-3-5-15(10-13)21-12-17(11-20)26(23,24)16-8-6-14(19)7-9-16/h3-10,12,21H,2H2,1H3/b17-12+. The van der Waals surface area contributed by atoms with Gasteiger partial charge in [-0.15, -0.1) is 0 Å². The summed E-state index contributed by atoms with van der Waals surface area (Å²) >= 11 is 5.75. The Morgan fingerprint density at radius 2 is 1.96 bits per heavy atom. The smallest absolute Gasteiger partial charge is 0.338 e. The van der Waals surface area contributed by atoms with Crippen LogP contribution in [0.2, 0.25) is 5.02 Å². The van der Waals surface area contributed by atoms with Crippen LogP contribution in [0.4, 0.5) is 5.69 Å². The molecule has 0 aromatic heterocycles. The molecular formula is C18H15ClN2O4S. The predicted octanol–water partition coefficient (Wildman–Crippen LogP) is 3.77. The van der Waals surface area contributed by atoms with E-state index >= 15 is 0 Å². The fourth-order valence-corrected chi connectivity index (χ4v) is 3.22. The van der Waals surface area contributed by atoms with E-state index in [1.54, 1.807) is 31.2 Å². The molecule has 0 aliphatic rings. The highest BCUT2D eigenvalue weighted by Crippen LogP contribution is 2.21. The number of nitrogens with one attached hydrogen (secondary N) is 1. The quantitative estimate of drug-likeness (QED) is 0.595. The number of nitriles is 1. The number of sulfone groups is 1. The zero-order valence-electron chi connectivity index (χ0n) is 13.8. The van der Waals surface area contributed by atoms with Crippen molar-refractivity contribution in [3.05, 3.63) is 70.2 Å². The van der Waals surface area contributed by atoms with Crippen LogP contribution in [-0.2, 0) is 14.6 Å². The summed E-state index contributed by atoms with van der Waals surface area (Å²) < 4.78 is 29.9. The number of carbonyl (C=O) groups is 1. The van der Waals surface area contributed by atoms with Gasteiger partial charge in [0.1, 0.15) is 6.07 Å². The van der Waals surface area contributed by atoms with Gasteiger partial charge in [-0.05, 0) is 49.4 Å². The first-order valence-corrected chi connectivity index (χ1v) is 9.39. The molecule has 2 aromatic carbocycles. The number of benzene rings is 2. The molecule has 134 valence electrons. The molecule has 0 heterocycles. The first-order valence-electron chi connectivity index (χ1n) is 7.53. The molecule has 0 saturated heterocycles. The van der Waals surface area contributed by atoms with Crippen LogP contribution in [-0.4, -0.2) is 21.0 Å². The van der Waals surface area contributed by atoms with Crippen molar-refractivity contribution in [1.82, 2.24) is 0 Å². The number of halogens is 1. The Kier molecular flexibility index (Phi) is 6.39. The van der Waals surface area contributed by atoms with Gasteiger partial charge in [0.25, 0.3) is 0 Å².